The molecule has 0 bridgehead atoms. The van der Waals surface area contributed by atoms with Crippen LogP contribution in [0, 0.1) is 0 Å². The van der Waals surface area contributed by atoms with Gasteiger partial charge in [0, 0.05) is 41.4 Å². The van der Waals surface area contributed by atoms with Gasteiger partial charge in [0.1, 0.15) is 18.3 Å². The van der Waals surface area contributed by atoms with Gasteiger partial charge in [-0.25, -0.2) is 9.78 Å². The maximum absolute atomic E-state index is 13.3. The smallest absolute Gasteiger partial charge is 0.415 e. The third kappa shape index (κ3) is 6.66. The van der Waals surface area contributed by atoms with Crippen molar-refractivity contribution in [3.05, 3.63) is 91.3 Å². The van der Waals surface area contributed by atoms with Crippen molar-refractivity contribution in [2.45, 2.75) is 39.5 Å². The molecule has 0 saturated heterocycles. The quantitative estimate of drug-likeness (QED) is 0.371. The average Bonchev–Trinajstić information content (AvgIpc) is 3.36. The van der Waals surface area contributed by atoms with Crippen molar-refractivity contribution in [2.75, 3.05) is 16.8 Å². The third-order valence-corrected chi connectivity index (χ3v) is 5.21. The van der Waals surface area contributed by atoms with Crippen LogP contribution in [0.15, 0.2) is 85.7 Å². The van der Waals surface area contributed by atoms with Crippen LogP contribution in [0.1, 0.15) is 26.3 Å². The van der Waals surface area contributed by atoms with E-state index in [2.05, 4.69) is 20.4 Å². The Labute approximate surface area is 205 Å². The number of hydrogen-bond donors (Lipinski definition) is 1. The molecule has 4 rings (SSSR count). The van der Waals surface area contributed by atoms with Gasteiger partial charge in [-0.1, -0.05) is 36.4 Å². The highest BCUT2D eigenvalue weighted by molar-refractivity contribution is 5.91. The first-order valence-corrected chi connectivity index (χ1v) is 11.5. The minimum Gasteiger partial charge on any atom is -0.443 e. The van der Waals surface area contributed by atoms with Crippen molar-refractivity contribution in [2.24, 2.45) is 0 Å². The highest BCUT2D eigenvalue weighted by Crippen LogP contribution is 2.33. The summed E-state index contributed by atoms with van der Waals surface area (Å²) in [6.07, 6.45) is 6.37. The summed E-state index contributed by atoms with van der Waals surface area (Å²) in [5.41, 5.74) is 3.96. The lowest BCUT2D eigenvalue weighted by molar-refractivity contribution is 0.0577. The molecule has 1 N–H and O–H groups in total. The zero-order valence-electron chi connectivity index (χ0n) is 20.3. The van der Waals surface area contributed by atoms with Crippen LogP contribution in [0.5, 0.6) is 0 Å². The first kappa shape index (κ1) is 23.9. The number of anilines is 2. The Kier molecular flexibility index (Phi) is 7.40. The van der Waals surface area contributed by atoms with Crippen LogP contribution in [-0.4, -0.2) is 38.0 Å². The van der Waals surface area contributed by atoms with Gasteiger partial charge in [-0.2, -0.15) is 5.10 Å². The van der Waals surface area contributed by atoms with Crippen molar-refractivity contribution < 1.29 is 9.53 Å². The van der Waals surface area contributed by atoms with E-state index in [9.17, 15) is 4.79 Å². The second-order valence-electron chi connectivity index (χ2n) is 9.11. The van der Waals surface area contributed by atoms with Gasteiger partial charge in [0.15, 0.2) is 0 Å². The molecule has 0 aliphatic carbocycles. The average molecular weight is 471 g/mol. The summed E-state index contributed by atoms with van der Waals surface area (Å²) in [6, 6.07) is 19.7. The molecule has 0 aliphatic heterocycles. The van der Waals surface area contributed by atoms with Crippen LogP contribution in [0.4, 0.5) is 16.2 Å². The highest BCUT2D eigenvalue weighted by Gasteiger charge is 2.24. The van der Waals surface area contributed by atoms with E-state index < -0.39 is 11.7 Å². The number of ether oxygens (including phenoxy) is 1. The second-order valence-corrected chi connectivity index (χ2v) is 9.11. The summed E-state index contributed by atoms with van der Waals surface area (Å²) >= 11 is 0. The van der Waals surface area contributed by atoms with E-state index in [1.54, 1.807) is 22.1 Å². The molecule has 4 aromatic rings. The van der Waals surface area contributed by atoms with Crippen LogP contribution in [0.25, 0.3) is 11.1 Å². The molecular weight excluding hydrogens is 440 g/mol. The summed E-state index contributed by atoms with van der Waals surface area (Å²) in [6.45, 7) is 7.34. The molecule has 2 aromatic heterocycles. The Hall–Kier alpha value is -4.20. The third-order valence-electron chi connectivity index (χ3n) is 5.21. The molecule has 0 aliphatic rings. The standard InChI is InChI=1S/C27H30N6O2/c1-27(2,3)35-26(34)33(18-21-8-5-4-6-9-21)23-11-12-25(30-14-15-32-20-29-19-31-32)24(16-23)22-10-7-13-28-17-22/h4-13,16-17,19-20,30H,14-15,18H2,1-3H3. The number of benzene rings is 2. The Morgan fingerprint density at radius 2 is 1.89 bits per heavy atom. The Bertz CT molecular complexity index is 1220. The monoisotopic (exact) mass is 470 g/mol. The largest absolute Gasteiger partial charge is 0.443 e. The first-order chi connectivity index (χ1) is 16.9. The van der Waals surface area contributed by atoms with Crippen molar-refractivity contribution in [1.82, 2.24) is 19.7 Å². The zero-order valence-corrected chi connectivity index (χ0v) is 20.3. The van der Waals surface area contributed by atoms with Crippen molar-refractivity contribution in [1.29, 1.82) is 0 Å². The molecule has 0 radical (unpaired) electrons. The number of aromatic nitrogens is 4. The fourth-order valence-electron chi connectivity index (χ4n) is 3.61. The van der Waals surface area contributed by atoms with E-state index in [0.717, 1.165) is 28.1 Å². The molecule has 1 amide bonds. The molecular formula is C27H30N6O2. The maximum Gasteiger partial charge on any atom is 0.415 e. The van der Waals surface area contributed by atoms with Crippen molar-refractivity contribution in [3.8, 4) is 11.1 Å². The number of pyridine rings is 1. The number of nitrogens with zero attached hydrogens (tertiary/aromatic N) is 5. The highest BCUT2D eigenvalue weighted by atomic mass is 16.6. The van der Waals surface area contributed by atoms with Crippen molar-refractivity contribution >= 4 is 17.5 Å². The molecule has 0 spiro atoms. The van der Waals surface area contributed by atoms with Gasteiger partial charge in [0.2, 0.25) is 0 Å². The summed E-state index contributed by atoms with van der Waals surface area (Å²) < 4.78 is 7.52. The van der Waals surface area contributed by atoms with Crippen LogP contribution < -0.4 is 10.2 Å². The molecule has 35 heavy (non-hydrogen) atoms. The predicted molar refractivity (Wildman–Crippen MR) is 137 cm³/mol. The van der Waals surface area contributed by atoms with Gasteiger partial charge in [0.05, 0.1) is 13.1 Å². The number of amides is 1. The Morgan fingerprint density at radius 1 is 1.06 bits per heavy atom. The van der Waals surface area contributed by atoms with E-state index in [4.69, 9.17) is 4.74 Å². The van der Waals surface area contributed by atoms with E-state index in [1.165, 1.54) is 6.33 Å². The minimum atomic E-state index is -0.610. The number of carbonyl (C=O) groups is 1. The maximum atomic E-state index is 13.3. The van der Waals surface area contributed by atoms with E-state index in [1.807, 2.05) is 87.6 Å². The van der Waals surface area contributed by atoms with Gasteiger partial charge >= 0.3 is 6.09 Å². The summed E-state index contributed by atoms with van der Waals surface area (Å²) in [5, 5.41) is 7.63. The lowest BCUT2D eigenvalue weighted by Gasteiger charge is -2.28. The fourth-order valence-corrected chi connectivity index (χ4v) is 3.61. The van der Waals surface area contributed by atoms with Gasteiger partial charge in [-0.15, -0.1) is 0 Å². The number of hydrogen-bond acceptors (Lipinski definition) is 6. The first-order valence-electron chi connectivity index (χ1n) is 11.5. The molecule has 8 nitrogen and oxygen atoms in total. The summed E-state index contributed by atoms with van der Waals surface area (Å²) in [5.74, 6) is 0. The topological polar surface area (TPSA) is 85.2 Å². The van der Waals surface area contributed by atoms with Crippen LogP contribution in [0.3, 0.4) is 0 Å². The number of carbonyl (C=O) groups excluding carboxylic acids is 1. The molecule has 180 valence electrons. The Morgan fingerprint density at radius 3 is 2.57 bits per heavy atom. The summed E-state index contributed by atoms with van der Waals surface area (Å²) in [7, 11) is 0. The molecule has 2 heterocycles. The molecule has 2 aromatic carbocycles. The molecule has 0 atom stereocenters. The van der Waals surface area contributed by atoms with Crippen molar-refractivity contribution in [3.63, 3.8) is 0 Å². The van der Waals surface area contributed by atoms with Gasteiger partial charge in [0.25, 0.3) is 0 Å². The van der Waals surface area contributed by atoms with Crippen LogP contribution in [0.2, 0.25) is 0 Å². The molecule has 0 unspecified atom stereocenters. The van der Waals surface area contributed by atoms with E-state index >= 15 is 0 Å². The lowest BCUT2D eigenvalue weighted by atomic mass is 10.0. The van der Waals surface area contributed by atoms with Gasteiger partial charge in [-0.3, -0.25) is 14.6 Å². The zero-order chi connectivity index (χ0) is 24.7. The van der Waals surface area contributed by atoms with Crippen LogP contribution in [-0.2, 0) is 17.8 Å². The van der Waals surface area contributed by atoms with Crippen LogP contribution >= 0.6 is 0 Å². The van der Waals surface area contributed by atoms with E-state index in [-0.39, 0.29) is 0 Å². The second kappa shape index (κ2) is 10.8. The Balaban J connectivity index is 1.67. The molecule has 0 saturated carbocycles. The molecule has 0 fully saturated rings. The van der Waals surface area contributed by atoms with E-state index in [0.29, 0.717) is 19.6 Å². The number of rotatable bonds is 8. The number of nitrogens with one attached hydrogen (secondary N) is 1. The SMILES string of the molecule is CC(C)(C)OC(=O)N(Cc1ccccc1)c1ccc(NCCn2cncn2)c(-c2cccnc2)c1. The lowest BCUT2D eigenvalue weighted by Crippen LogP contribution is -2.36. The van der Waals surface area contributed by atoms with Gasteiger partial charge in [-0.05, 0) is 50.6 Å². The normalized spacial score (nSPS) is 11.2. The minimum absolute atomic E-state index is 0.390. The molecule has 8 heteroatoms. The predicted octanol–water partition coefficient (Wildman–Crippen LogP) is 5.39. The van der Waals surface area contributed by atoms with Gasteiger partial charge < -0.3 is 10.1 Å². The fraction of sp³-hybridized carbons (Fsp3) is 0.259. The summed E-state index contributed by atoms with van der Waals surface area (Å²) in [4.78, 5) is 23.2.